The molecule has 0 amide bonds. The Bertz CT molecular complexity index is 521. The SMILES string of the molecule is CC(C)(C(F)(F)F)C(F)(F)F.CCC(C)OCC(C1CCCCC1)(C(F)(F)F)C(F)(F)F. The number of alkyl halides is 12. The molecule has 32 heavy (non-hydrogen) atoms. The molecule has 1 nitrogen and oxygen atoms in total. The zero-order valence-corrected chi connectivity index (χ0v) is 18.0. The summed E-state index contributed by atoms with van der Waals surface area (Å²) in [5.41, 5.74) is -7.37. The molecule has 0 aliphatic heterocycles. The fourth-order valence-corrected chi connectivity index (χ4v) is 3.05. The molecule has 1 aliphatic rings. The highest BCUT2D eigenvalue weighted by Crippen LogP contribution is 2.58. The lowest BCUT2D eigenvalue weighted by molar-refractivity contribution is -0.373. The molecular weight excluding hydrogens is 472 g/mol. The van der Waals surface area contributed by atoms with Crippen molar-refractivity contribution < 1.29 is 57.4 Å². The van der Waals surface area contributed by atoms with Gasteiger partial charge in [-0.25, -0.2) is 0 Å². The van der Waals surface area contributed by atoms with Crippen molar-refractivity contribution in [3.63, 3.8) is 0 Å². The van der Waals surface area contributed by atoms with E-state index in [9.17, 15) is 52.7 Å². The molecule has 1 saturated carbocycles. The quantitative estimate of drug-likeness (QED) is 0.344. The number of rotatable bonds is 5. The maximum absolute atomic E-state index is 13.4. The zero-order valence-electron chi connectivity index (χ0n) is 18.0. The molecule has 1 fully saturated rings. The summed E-state index contributed by atoms with van der Waals surface area (Å²) in [6, 6.07) is 0. The van der Waals surface area contributed by atoms with Crippen LogP contribution in [0.3, 0.4) is 0 Å². The van der Waals surface area contributed by atoms with Gasteiger partial charge in [0, 0.05) is 0 Å². The summed E-state index contributed by atoms with van der Waals surface area (Å²) >= 11 is 0. The zero-order chi connectivity index (χ0) is 25.8. The molecule has 0 spiro atoms. The molecular formula is C19H28F12O. The molecule has 194 valence electrons. The summed E-state index contributed by atoms with van der Waals surface area (Å²) in [4.78, 5) is 0. The van der Waals surface area contributed by atoms with Gasteiger partial charge in [0.05, 0.1) is 12.7 Å². The van der Waals surface area contributed by atoms with Gasteiger partial charge in [0.25, 0.3) is 0 Å². The van der Waals surface area contributed by atoms with Crippen molar-refractivity contribution in [3.05, 3.63) is 0 Å². The second kappa shape index (κ2) is 10.6. The first kappa shape index (κ1) is 31.1. The van der Waals surface area contributed by atoms with Crippen molar-refractivity contribution in [2.45, 2.75) is 97.0 Å². The number of ether oxygens (including phenoxy) is 1. The van der Waals surface area contributed by atoms with E-state index in [1.165, 1.54) is 6.92 Å². The minimum absolute atomic E-state index is 0.0527. The summed E-state index contributed by atoms with van der Waals surface area (Å²) in [7, 11) is 0. The van der Waals surface area contributed by atoms with Crippen molar-refractivity contribution in [1.82, 2.24) is 0 Å². The Morgan fingerprint density at radius 1 is 0.688 bits per heavy atom. The largest absolute Gasteiger partial charge is 0.405 e. The van der Waals surface area contributed by atoms with Gasteiger partial charge in [-0.05, 0) is 46.0 Å². The Morgan fingerprint density at radius 3 is 1.31 bits per heavy atom. The second-order valence-corrected chi connectivity index (χ2v) is 8.45. The molecule has 0 bridgehead atoms. The first-order valence-corrected chi connectivity index (χ1v) is 9.94. The minimum Gasteiger partial charge on any atom is -0.377 e. The number of hydrogen-bond acceptors (Lipinski definition) is 1. The van der Waals surface area contributed by atoms with Crippen LogP contribution >= 0.6 is 0 Å². The van der Waals surface area contributed by atoms with Crippen molar-refractivity contribution in [1.29, 1.82) is 0 Å². The predicted molar refractivity (Wildman–Crippen MR) is 92.7 cm³/mol. The smallest absolute Gasteiger partial charge is 0.377 e. The summed E-state index contributed by atoms with van der Waals surface area (Å²) in [6.07, 6.45) is -20.1. The van der Waals surface area contributed by atoms with Crippen LogP contribution in [-0.4, -0.2) is 37.4 Å². The van der Waals surface area contributed by atoms with E-state index in [4.69, 9.17) is 4.74 Å². The topological polar surface area (TPSA) is 9.23 Å². The number of hydrogen-bond donors (Lipinski definition) is 0. The van der Waals surface area contributed by atoms with Gasteiger partial charge in [-0.15, -0.1) is 0 Å². The van der Waals surface area contributed by atoms with E-state index in [2.05, 4.69) is 0 Å². The van der Waals surface area contributed by atoms with Crippen LogP contribution in [0, 0.1) is 16.7 Å². The third kappa shape index (κ3) is 7.06. The lowest BCUT2D eigenvalue weighted by Crippen LogP contribution is -2.58. The Hall–Kier alpha value is -0.880. The highest BCUT2D eigenvalue weighted by Gasteiger charge is 2.73. The predicted octanol–water partition coefficient (Wildman–Crippen LogP) is 8.63. The second-order valence-electron chi connectivity index (χ2n) is 8.45. The maximum Gasteiger partial charge on any atom is 0.405 e. The summed E-state index contributed by atoms with van der Waals surface area (Å²) in [5.74, 6) is -1.45. The van der Waals surface area contributed by atoms with Gasteiger partial charge in [-0.3, -0.25) is 0 Å². The van der Waals surface area contributed by atoms with Gasteiger partial charge >= 0.3 is 24.7 Å². The monoisotopic (exact) mass is 500 g/mol. The van der Waals surface area contributed by atoms with Crippen molar-refractivity contribution in [2.75, 3.05) is 6.61 Å². The standard InChI is InChI=1S/C14H22F6O.C5H6F6/c1-3-10(2)21-9-12(13(15,16)17,14(18,19)20)11-7-5-4-6-8-11;1-3(2,4(6,7)8)5(9,10)11/h10-11H,3-9H2,1-2H3;1-2H3. The lowest BCUT2D eigenvalue weighted by atomic mass is 9.68. The van der Waals surface area contributed by atoms with Crippen molar-refractivity contribution in [2.24, 2.45) is 16.7 Å². The molecule has 0 heterocycles. The Labute approximate surface area is 178 Å². The number of halogens is 12. The van der Waals surface area contributed by atoms with Crippen LogP contribution in [0.1, 0.15) is 66.2 Å². The van der Waals surface area contributed by atoms with Crippen LogP contribution in [0.25, 0.3) is 0 Å². The van der Waals surface area contributed by atoms with Gasteiger partial charge in [-0.1, -0.05) is 26.2 Å². The van der Waals surface area contributed by atoms with E-state index < -0.39 is 54.2 Å². The lowest BCUT2D eigenvalue weighted by Gasteiger charge is -2.44. The van der Waals surface area contributed by atoms with Gasteiger partial charge in [-0.2, -0.15) is 52.7 Å². The van der Waals surface area contributed by atoms with Crippen LogP contribution in [0.4, 0.5) is 52.7 Å². The van der Waals surface area contributed by atoms with Gasteiger partial charge in [0.15, 0.2) is 10.8 Å². The van der Waals surface area contributed by atoms with E-state index in [1.807, 2.05) is 0 Å². The average molecular weight is 500 g/mol. The molecule has 1 aliphatic carbocycles. The molecule has 1 atom stereocenters. The third-order valence-electron chi connectivity index (χ3n) is 5.90. The first-order valence-electron chi connectivity index (χ1n) is 9.94. The van der Waals surface area contributed by atoms with E-state index >= 15 is 0 Å². The van der Waals surface area contributed by atoms with Crippen LogP contribution in [-0.2, 0) is 4.74 Å². The molecule has 0 aromatic carbocycles. The molecule has 0 N–H and O–H groups in total. The van der Waals surface area contributed by atoms with Crippen LogP contribution in [0.2, 0.25) is 0 Å². The molecule has 0 saturated heterocycles. The normalized spacial score (nSPS) is 18.8. The Kier molecular flexibility index (Phi) is 10.3. The molecule has 1 rings (SSSR count). The molecule has 0 radical (unpaired) electrons. The van der Waals surface area contributed by atoms with E-state index in [1.54, 1.807) is 6.92 Å². The molecule has 0 aromatic heterocycles. The third-order valence-corrected chi connectivity index (χ3v) is 5.90. The maximum atomic E-state index is 13.4. The molecule has 13 heteroatoms. The average Bonchev–Trinajstić information content (AvgIpc) is 2.59. The highest BCUT2D eigenvalue weighted by atomic mass is 19.4. The van der Waals surface area contributed by atoms with Crippen molar-refractivity contribution >= 4 is 0 Å². The minimum atomic E-state index is -5.36. The fourth-order valence-electron chi connectivity index (χ4n) is 3.05. The molecule has 0 aromatic rings. The Balaban J connectivity index is 0.000000739. The molecule has 1 unspecified atom stereocenters. The van der Waals surface area contributed by atoms with Crippen molar-refractivity contribution in [3.8, 4) is 0 Å². The fraction of sp³-hybridized carbons (Fsp3) is 1.00. The summed E-state index contributed by atoms with van der Waals surface area (Å²) < 4.78 is 155. The summed E-state index contributed by atoms with van der Waals surface area (Å²) in [5, 5.41) is 0. The van der Waals surface area contributed by atoms with E-state index in [-0.39, 0.29) is 26.7 Å². The first-order chi connectivity index (χ1) is 14.1. The van der Waals surface area contributed by atoms with Crippen LogP contribution < -0.4 is 0 Å². The highest BCUT2D eigenvalue weighted by molar-refractivity contribution is 4.99. The van der Waals surface area contributed by atoms with Crippen LogP contribution in [0.15, 0.2) is 0 Å². The Morgan fingerprint density at radius 2 is 1.06 bits per heavy atom. The van der Waals surface area contributed by atoms with E-state index in [0.717, 1.165) is 0 Å². The summed E-state index contributed by atoms with van der Waals surface area (Å²) in [6.45, 7) is 2.02. The van der Waals surface area contributed by atoms with Gasteiger partial charge < -0.3 is 4.74 Å². The van der Waals surface area contributed by atoms with Gasteiger partial charge in [0.2, 0.25) is 0 Å². The van der Waals surface area contributed by atoms with Crippen LogP contribution in [0.5, 0.6) is 0 Å². The van der Waals surface area contributed by atoms with Gasteiger partial charge in [0.1, 0.15) is 0 Å². The van der Waals surface area contributed by atoms with E-state index in [0.29, 0.717) is 25.7 Å².